The molecule has 7 rings (SSSR count). The first-order chi connectivity index (χ1) is 24.8. The van der Waals surface area contributed by atoms with Crippen LogP contribution in [-0.2, 0) is 17.9 Å². The Labute approximate surface area is 304 Å². The Morgan fingerprint density at radius 3 is 2.47 bits per heavy atom. The lowest BCUT2D eigenvalue weighted by Gasteiger charge is -2.41. The third kappa shape index (κ3) is 7.82. The summed E-state index contributed by atoms with van der Waals surface area (Å²) < 4.78 is 7.19. The molecule has 1 unspecified atom stereocenters. The fourth-order valence-corrected chi connectivity index (χ4v) is 7.52. The van der Waals surface area contributed by atoms with Gasteiger partial charge in [0.15, 0.2) is 5.82 Å². The van der Waals surface area contributed by atoms with E-state index in [-0.39, 0.29) is 17.5 Å². The van der Waals surface area contributed by atoms with Crippen LogP contribution in [0.15, 0.2) is 99.1 Å². The molecule has 2 fully saturated rings. The lowest BCUT2D eigenvalue weighted by atomic mass is 9.97. The van der Waals surface area contributed by atoms with Crippen LogP contribution in [0.3, 0.4) is 0 Å². The lowest BCUT2D eigenvalue weighted by molar-refractivity contribution is -0.138. The smallest absolute Gasteiger partial charge is 0.325 e. The van der Waals surface area contributed by atoms with Gasteiger partial charge in [0.05, 0.1) is 16.1 Å². The summed E-state index contributed by atoms with van der Waals surface area (Å²) in [5.74, 6) is 1.65. The van der Waals surface area contributed by atoms with E-state index in [1.54, 1.807) is 6.07 Å². The average molecular weight is 751 g/mol. The number of piperazine rings is 1. The van der Waals surface area contributed by atoms with Crippen LogP contribution in [0.2, 0.25) is 0 Å². The number of piperidine rings is 1. The molecule has 0 radical (unpaired) electrons. The number of aromatic nitrogens is 4. The zero-order chi connectivity index (χ0) is 35.3. The summed E-state index contributed by atoms with van der Waals surface area (Å²) >= 11 is 3.75. The number of carbonyl (C=O) groups excluding carboxylic acids is 1. The van der Waals surface area contributed by atoms with Gasteiger partial charge in [0.1, 0.15) is 18.1 Å². The van der Waals surface area contributed by atoms with Crippen LogP contribution in [0, 0.1) is 6.92 Å². The van der Waals surface area contributed by atoms with Crippen molar-refractivity contribution < 1.29 is 9.53 Å². The van der Waals surface area contributed by atoms with E-state index < -0.39 is 11.2 Å². The van der Waals surface area contributed by atoms with Crippen LogP contribution in [0.25, 0.3) is 22.4 Å². The van der Waals surface area contributed by atoms with Gasteiger partial charge in [-0.2, -0.15) is 0 Å². The molecule has 2 aromatic heterocycles. The zero-order valence-electron chi connectivity index (χ0n) is 28.5. The van der Waals surface area contributed by atoms with Crippen LogP contribution >= 0.6 is 15.9 Å². The maximum absolute atomic E-state index is 13.9. The Kier molecular flexibility index (Phi) is 10.4. The topological polar surface area (TPSA) is 128 Å². The highest BCUT2D eigenvalue weighted by Crippen LogP contribution is 2.31. The predicted molar refractivity (Wildman–Crippen MR) is 201 cm³/mol. The first-order valence-corrected chi connectivity index (χ1v) is 18.1. The summed E-state index contributed by atoms with van der Waals surface area (Å²) in [6, 6.07) is 26.4. The summed E-state index contributed by atoms with van der Waals surface area (Å²) in [6.45, 7) is 6.64. The molecule has 0 spiro atoms. The van der Waals surface area contributed by atoms with Crippen molar-refractivity contribution in [2.45, 2.75) is 45.4 Å². The predicted octanol–water partition coefficient (Wildman–Crippen LogP) is 5.54. The van der Waals surface area contributed by atoms with Crippen LogP contribution in [-0.4, -0.2) is 74.6 Å². The van der Waals surface area contributed by atoms with Gasteiger partial charge in [0, 0.05) is 38.9 Å². The quantitative estimate of drug-likeness (QED) is 0.201. The third-order valence-electron chi connectivity index (χ3n) is 9.86. The Balaban J connectivity index is 0.946. The van der Waals surface area contributed by atoms with Gasteiger partial charge < -0.3 is 19.5 Å². The van der Waals surface area contributed by atoms with E-state index >= 15 is 0 Å². The highest BCUT2D eigenvalue weighted by atomic mass is 79.9. The number of hydrogen-bond acceptors (Lipinski definition) is 8. The normalized spacial score (nSPS) is 16.6. The van der Waals surface area contributed by atoms with Crippen molar-refractivity contribution in [1.29, 1.82) is 0 Å². The summed E-state index contributed by atoms with van der Waals surface area (Å²) in [4.78, 5) is 48.4. The van der Waals surface area contributed by atoms with Crippen LogP contribution in [0.5, 0.6) is 5.75 Å². The highest BCUT2D eigenvalue weighted by molar-refractivity contribution is 9.10. The van der Waals surface area contributed by atoms with E-state index in [1.807, 2.05) is 23.1 Å². The van der Waals surface area contributed by atoms with Crippen molar-refractivity contribution in [1.82, 2.24) is 30.0 Å². The minimum Gasteiger partial charge on any atom is -0.488 e. The van der Waals surface area contributed by atoms with Crippen LogP contribution in [0.4, 0.5) is 5.82 Å². The van der Waals surface area contributed by atoms with E-state index in [1.165, 1.54) is 22.9 Å². The van der Waals surface area contributed by atoms with Crippen molar-refractivity contribution in [2.75, 3.05) is 37.6 Å². The first kappa shape index (κ1) is 34.4. The molecule has 1 amide bonds. The summed E-state index contributed by atoms with van der Waals surface area (Å²) in [5, 5.41) is 8.54. The van der Waals surface area contributed by atoms with E-state index in [2.05, 4.69) is 107 Å². The number of anilines is 1. The maximum Gasteiger partial charge on any atom is 0.325 e. The Hall–Kier alpha value is -5.07. The molecule has 2 saturated heterocycles. The molecule has 3 aromatic carbocycles. The minimum absolute atomic E-state index is 0.158. The molecule has 51 heavy (non-hydrogen) atoms. The molecule has 0 aliphatic carbocycles. The van der Waals surface area contributed by atoms with E-state index in [0.717, 1.165) is 47.2 Å². The fraction of sp³-hybridized carbons (Fsp3) is 0.308. The molecular weight excluding hydrogens is 710 g/mol. The minimum atomic E-state index is -0.572. The molecule has 2 aliphatic heterocycles. The Morgan fingerprint density at radius 1 is 0.902 bits per heavy atom. The van der Waals surface area contributed by atoms with Gasteiger partial charge in [-0.3, -0.25) is 19.5 Å². The van der Waals surface area contributed by atoms with Crippen molar-refractivity contribution in [3.05, 3.63) is 127 Å². The molecule has 1 atom stereocenters. The van der Waals surface area contributed by atoms with Gasteiger partial charge in [-0.15, -0.1) is 10.2 Å². The molecule has 4 heterocycles. The van der Waals surface area contributed by atoms with Gasteiger partial charge in [0.2, 0.25) is 5.91 Å². The SMILES string of the molecule is Cc1c(COc2ccc(CN3CCCCC3C(=O)N3CCN(c4ccc(-c5c[nH]c(=O)[nH]c5=O)nn4)CC3)cc2Br)cccc1-c1ccccc1. The molecule has 262 valence electrons. The summed E-state index contributed by atoms with van der Waals surface area (Å²) in [6.07, 6.45) is 4.29. The molecular formula is C39H40BrN7O4. The van der Waals surface area contributed by atoms with Gasteiger partial charge in [0.25, 0.3) is 5.56 Å². The Bertz CT molecular complexity index is 2110. The number of aromatic amines is 2. The Morgan fingerprint density at radius 2 is 1.73 bits per heavy atom. The third-order valence-corrected chi connectivity index (χ3v) is 10.5. The largest absolute Gasteiger partial charge is 0.488 e. The number of halogens is 1. The number of likely N-dealkylation sites (tertiary alicyclic amines) is 1. The fourth-order valence-electron chi connectivity index (χ4n) is 6.98. The molecule has 2 N–H and O–H groups in total. The monoisotopic (exact) mass is 749 g/mol. The van der Waals surface area contributed by atoms with Crippen LogP contribution < -0.4 is 20.9 Å². The number of nitrogens with zero attached hydrogens (tertiary/aromatic N) is 5. The van der Waals surface area contributed by atoms with E-state index in [9.17, 15) is 14.4 Å². The van der Waals surface area contributed by atoms with Crippen molar-refractivity contribution in [2.24, 2.45) is 0 Å². The van der Waals surface area contributed by atoms with Crippen molar-refractivity contribution in [3.8, 4) is 28.1 Å². The summed E-state index contributed by atoms with van der Waals surface area (Å²) in [5.41, 5.74) is 5.42. The molecule has 12 heteroatoms. The average Bonchev–Trinajstić information content (AvgIpc) is 3.15. The van der Waals surface area contributed by atoms with Gasteiger partial charge in [-0.05, 0) is 94.3 Å². The maximum atomic E-state index is 13.9. The van der Waals surface area contributed by atoms with Crippen molar-refractivity contribution >= 4 is 27.7 Å². The number of amides is 1. The number of nitrogens with one attached hydrogen (secondary N) is 2. The second-order valence-corrected chi connectivity index (χ2v) is 13.9. The molecule has 5 aromatic rings. The van der Waals surface area contributed by atoms with Crippen LogP contribution in [0.1, 0.15) is 36.0 Å². The number of rotatable bonds is 9. The number of ether oxygens (including phenoxy) is 1. The number of benzene rings is 3. The van der Waals surface area contributed by atoms with Gasteiger partial charge >= 0.3 is 5.69 Å². The van der Waals surface area contributed by atoms with E-state index in [0.29, 0.717) is 50.8 Å². The van der Waals surface area contributed by atoms with Gasteiger partial charge in [-0.1, -0.05) is 61.0 Å². The van der Waals surface area contributed by atoms with Gasteiger partial charge in [-0.25, -0.2) is 4.79 Å². The molecule has 2 aliphatic rings. The second-order valence-electron chi connectivity index (χ2n) is 13.1. The van der Waals surface area contributed by atoms with E-state index in [4.69, 9.17) is 4.74 Å². The standard InChI is InChI=1S/C39H40BrN7O4/c1-26-29(10-7-11-30(26)28-8-3-2-4-9-28)25-51-35-15-13-27(22-32(35)40)24-47-17-6-5-12-34(47)38(49)46-20-18-45(19-21-46)36-16-14-33(43-44-36)31-23-41-39(50)42-37(31)48/h2-4,7-11,13-16,22-23,34H,5-6,12,17-21,24-25H2,1H3,(H2,41,42,48,50). The lowest BCUT2D eigenvalue weighted by Crippen LogP contribution is -2.56. The summed E-state index contributed by atoms with van der Waals surface area (Å²) in [7, 11) is 0. The second kappa shape index (κ2) is 15.4. The molecule has 0 saturated carbocycles. The first-order valence-electron chi connectivity index (χ1n) is 17.3. The van der Waals surface area contributed by atoms with Crippen molar-refractivity contribution in [3.63, 3.8) is 0 Å². The molecule has 11 nitrogen and oxygen atoms in total. The number of carbonyl (C=O) groups is 1. The number of hydrogen-bond donors (Lipinski definition) is 2. The molecule has 0 bridgehead atoms. The zero-order valence-corrected chi connectivity index (χ0v) is 30.1. The number of H-pyrrole nitrogens is 2. The highest BCUT2D eigenvalue weighted by Gasteiger charge is 2.33.